The third kappa shape index (κ3) is 5.02. The molecule has 2 aromatic rings. The molecular weight excluding hydrogens is 404 g/mol. The molecule has 1 amide bonds. The van der Waals surface area contributed by atoms with Gasteiger partial charge in [0.2, 0.25) is 5.88 Å². The number of azo groups is 1. The molecule has 30 heavy (non-hydrogen) atoms. The first kappa shape index (κ1) is 21.3. The summed E-state index contributed by atoms with van der Waals surface area (Å²) in [6.07, 6.45) is 7.52. The Labute approximate surface area is 181 Å². The predicted octanol–water partition coefficient (Wildman–Crippen LogP) is 5.26. The zero-order valence-corrected chi connectivity index (χ0v) is 18.0. The van der Waals surface area contributed by atoms with Crippen LogP contribution in [0, 0.1) is 5.92 Å². The summed E-state index contributed by atoms with van der Waals surface area (Å²) >= 11 is 6.19. The molecule has 1 aliphatic heterocycles. The molecule has 0 spiro atoms. The Morgan fingerprint density at radius 2 is 1.97 bits per heavy atom. The van der Waals surface area contributed by atoms with Crippen LogP contribution in [0.1, 0.15) is 44.9 Å². The second-order valence-electron chi connectivity index (χ2n) is 8.27. The van der Waals surface area contributed by atoms with Gasteiger partial charge in [-0.05, 0) is 30.5 Å². The molecule has 2 fully saturated rings. The lowest BCUT2D eigenvalue weighted by atomic mass is 9.86. The molecule has 7 nitrogen and oxygen atoms in total. The van der Waals surface area contributed by atoms with Crippen molar-refractivity contribution in [3.05, 3.63) is 23.2 Å². The molecule has 0 radical (unpaired) electrons. The maximum Gasteiger partial charge on any atom is 0.264 e. The van der Waals surface area contributed by atoms with Crippen molar-refractivity contribution in [3.8, 4) is 5.88 Å². The number of benzene rings is 1. The van der Waals surface area contributed by atoms with E-state index in [0.29, 0.717) is 48.3 Å². The van der Waals surface area contributed by atoms with Crippen molar-refractivity contribution in [2.24, 2.45) is 16.1 Å². The minimum absolute atomic E-state index is 0.00240. The van der Waals surface area contributed by atoms with E-state index >= 15 is 0 Å². The molecule has 2 heterocycles. The van der Waals surface area contributed by atoms with Crippen molar-refractivity contribution >= 4 is 34.1 Å². The highest BCUT2D eigenvalue weighted by molar-refractivity contribution is 6.31. The van der Waals surface area contributed by atoms with Crippen LogP contribution < -0.4 is 0 Å². The minimum atomic E-state index is -0.240. The first-order valence-electron chi connectivity index (χ1n) is 10.9. The highest BCUT2D eigenvalue weighted by atomic mass is 35.5. The van der Waals surface area contributed by atoms with E-state index in [0.717, 1.165) is 25.0 Å². The second kappa shape index (κ2) is 9.90. The highest BCUT2D eigenvalue weighted by Gasteiger charge is 2.21. The molecule has 0 unspecified atom stereocenters. The third-order valence-electron chi connectivity index (χ3n) is 6.17. The smallest absolute Gasteiger partial charge is 0.264 e. The summed E-state index contributed by atoms with van der Waals surface area (Å²) in [4.78, 5) is 14.5. The zero-order valence-electron chi connectivity index (χ0n) is 17.2. The lowest BCUT2D eigenvalue weighted by molar-refractivity contribution is -0.118. The van der Waals surface area contributed by atoms with Crippen molar-refractivity contribution in [2.45, 2.75) is 51.6 Å². The summed E-state index contributed by atoms with van der Waals surface area (Å²) in [5.41, 5.74) is 1.11. The summed E-state index contributed by atoms with van der Waals surface area (Å²) in [5.74, 6) is 0.388. The average molecular weight is 433 g/mol. The Hall–Kier alpha value is -1.96. The number of morpholine rings is 1. The van der Waals surface area contributed by atoms with Crippen LogP contribution in [0.2, 0.25) is 5.02 Å². The SMILES string of the molecule is O=C(CCC1CCCCC1)N=Nc1c(O)n(CN2CCOCC2)c2ccc(Cl)cc12. The van der Waals surface area contributed by atoms with Gasteiger partial charge in [-0.15, -0.1) is 10.2 Å². The number of carbonyl (C=O) groups excluding carboxylic acids is 1. The fraction of sp³-hybridized carbons (Fsp3) is 0.591. The van der Waals surface area contributed by atoms with E-state index in [1.165, 1.54) is 32.1 Å². The zero-order chi connectivity index (χ0) is 20.9. The maximum atomic E-state index is 12.3. The molecule has 1 N–H and O–H groups in total. The summed E-state index contributed by atoms with van der Waals surface area (Å²) in [5, 5.41) is 20.2. The average Bonchev–Trinajstić information content (AvgIpc) is 3.02. The molecule has 1 saturated heterocycles. The van der Waals surface area contributed by atoms with Crippen molar-refractivity contribution in [1.82, 2.24) is 9.47 Å². The van der Waals surface area contributed by atoms with E-state index in [1.54, 1.807) is 16.7 Å². The van der Waals surface area contributed by atoms with Crippen LogP contribution >= 0.6 is 11.6 Å². The number of hydrogen-bond acceptors (Lipinski definition) is 5. The van der Waals surface area contributed by atoms with Gasteiger partial charge in [-0.1, -0.05) is 43.7 Å². The first-order valence-corrected chi connectivity index (χ1v) is 11.2. The molecule has 2 aliphatic rings. The first-order chi connectivity index (χ1) is 14.6. The van der Waals surface area contributed by atoms with Gasteiger partial charge < -0.3 is 9.84 Å². The van der Waals surface area contributed by atoms with Crippen molar-refractivity contribution in [1.29, 1.82) is 0 Å². The van der Waals surface area contributed by atoms with Crippen LogP contribution in [0.5, 0.6) is 5.88 Å². The molecule has 8 heteroatoms. The second-order valence-corrected chi connectivity index (χ2v) is 8.71. The molecule has 162 valence electrons. The fourth-order valence-electron chi connectivity index (χ4n) is 4.44. The monoisotopic (exact) mass is 432 g/mol. The lowest BCUT2D eigenvalue weighted by Crippen LogP contribution is -2.37. The van der Waals surface area contributed by atoms with E-state index in [9.17, 15) is 9.90 Å². The Morgan fingerprint density at radius 1 is 1.20 bits per heavy atom. The van der Waals surface area contributed by atoms with Gasteiger partial charge in [0.1, 0.15) is 0 Å². The van der Waals surface area contributed by atoms with E-state index in [1.807, 2.05) is 6.07 Å². The van der Waals surface area contributed by atoms with Gasteiger partial charge in [-0.25, -0.2) is 0 Å². The minimum Gasteiger partial charge on any atom is -0.493 e. The number of fused-ring (bicyclic) bond motifs is 1. The van der Waals surface area contributed by atoms with Crippen molar-refractivity contribution in [3.63, 3.8) is 0 Å². The number of rotatable bonds is 6. The van der Waals surface area contributed by atoms with Crippen LogP contribution in [0.25, 0.3) is 10.9 Å². The predicted molar refractivity (Wildman–Crippen MR) is 116 cm³/mol. The number of amides is 1. The Kier molecular flexibility index (Phi) is 7.02. The van der Waals surface area contributed by atoms with E-state index in [2.05, 4.69) is 15.1 Å². The van der Waals surface area contributed by atoms with Gasteiger partial charge in [0.05, 0.1) is 25.4 Å². The lowest BCUT2D eigenvalue weighted by Gasteiger charge is -2.27. The highest BCUT2D eigenvalue weighted by Crippen LogP contribution is 2.40. The molecule has 1 aromatic heterocycles. The van der Waals surface area contributed by atoms with Gasteiger partial charge >= 0.3 is 0 Å². The molecule has 1 aliphatic carbocycles. The van der Waals surface area contributed by atoms with Gasteiger partial charge in [-0.3, -0.25) is 14.3 Å². The quantitative estimate of drug-likeness (QED) is 0.631. The summed E-state index contributed by atoms with van der Waals surface area (Å²) < 4.78 is 7.20. The molecule has 1 aromatic carbocycles. The molecule has 4 rings (SSSR count). The van der Waals surface area contributed by atoms with Crippen LogP contribution in [-0.4, -0.2) is 46.8 Å². The van der Waals surface area contributed by atoms with Gasteiger partial charge in [-0.2, -0.15) is 0 Å². The number of hydrogen-bond donors (Lipinski definition) is 1. The number of nitrogens with zero attached hydrogens (tertiary/aromatic N) is 4. The van der Waals surface area contributed by atoms with E-state index in [-0.39, 0.29) is 11.8 Å². The van der Waals surface area contributed by atoms with Gasteiger partial charge in [0.15, 0.2) is 5.69 Å². The molecule has 0 atom stereocenters. The summed E-state index contributed by atoms with van der Waals surface area (Å²) in [7, 11) is 0. The number of carbonyl (C=O) groups is 1. The summed E-state index contributed by atoms with van der Waals surface area (Å²) in [6, 6.07) is 5.41. The van der Waals surface area contributed by atoms with Crippen LogP contribution in [0.4, 0.5) is 5.69 Å². The molecule has 0 bridgehead atoms. The van der Waals surface area contributed by atoms with Crippen LogP contribution in [0.15, 0.2) is 28.4 Å². The van der Waals surface area contributed by atoms with Crippen molar-refractivity contribution < 1.29 is 14.6 Å². The topological polar surface area (TPSA) is 79.4 Å². The third-order valence-corrected chi connectivity index (χ3v) is 6.40. The van der Waals surface area contributed by atoms with Gasteiger partial charge in [0, 0.05) is 29.9 Å². The van der Waals surface area contributed by atoms with Gasteiger partial charge in [0.25, 0.3) is 5.91 Å². The fourth-order valence-corrected chi connectivity index (χ4v) is 4.61. The Bertz CT molecular complexity index is 915. The maximum absolute atomic E-state index is 12.3. The summed E-state index contributed by atoms with van der Waals surface area (Å²) in [6.45, 7) is 3.45. The van der Waals surface area contributed by atoms with E-state index in [4.69, 9.17) is 16.3 Å². The Balaban J connectivity index is 1.52. The number of aromatic hydroxyl groups is 1. The van der Waals surface area contributed by atoms with Crippen LogP contribution in [0.3, 0.4) is 0 Å². The standard InChI is InChI=1S/C22H29ClN4O3/c23-17-7-8-19-18(14-17)21(22(29)27(19)15-26-10-12-30-13-11-26)25-24-20(28)9-6-16-4-2-1-3-5-16/h7-8,14,16,29H,1-6,9-13,15H2. The van der Waals surface area contributed by atoms with Crippen LogP contribution in [-0.2, 0) is 16.2 Å². The molecule has 1 saturated carbocycles. The normalized spacial score (nSPS) is 19.1. The number of ether oxygens (including phenoxy) is 1. The Morgan fingerprint density at radius 3 is 2.73 bits per heavy atom. The largest absolute Gasteiger partial charge is 0.493 e. The number of halogens is 1. The van der Waals surface area contributed by atoms with E-state index < -0.39 is 0 Å². The molecular formula is C22H29ClN4O3. The van der Waals surface area contributed by atoms with Crippen molar-refractivity contribution in [2.75, 3.05) is 26.3 Å². The number of aromatic nitrogens is 1.